The maximum absolute atomic E-state index is 12.5. The van der Waals surface area contributed by atoms with Crippen molar-refractivity contribution in [3.8, 4) is 5.75 Å². The number of ether oxygens (including phenoxy) is 1. The summed E-state index contributed by atoms with van der Waals surface area (Å²) in [5.41, 5.74) is 2.41. The highest BCUT2D eigenvalue weighted by atomic mass is 16.5. The van der Waals surface area contributed by atoms with Crippen LogP contribution < -0.4 is 10.1 Å². The first-order valence-corrected chi connectivity index (χ1v) is 8.35. The second-order valence-corrected chi connectivity index (χ2v) is 5.99. The molecular weight excluding hydrogens is 298 g/mol. The normalized spacial score (nSPS) is 11.8. The topological polar surface area (TPSA) is 38.3 Å². The van der Waals surface area contributed by atoms with E-state index < -0.39 is 0 Å². The van der Waals surface area contributed by atoms with Crippen LogP contribution in [0.5, 0.6) is 5.75 Å². The van der Waals surface area contributed by atoms with Gasteiger partial charge in [0.1, 0.15) is 5.75 Å². The van der Waals surface area contributed by atoms with E-state index in [1.165, 1.54) is 5.56 Å². The van der Waals surface area contributed by atoms with Crippen LogP contribution in [0, 0.1) is 0 Å². The number of hydrogen-bond acceptors (Lipinski definition) is 2. The fourth-order valence-corrected chi connectivity index (χ4v) is 2.83. The van der Waals surface area contributed by atoms with Crippen LogP contribution in [0.3, 0.4) is 0 Å². The number of carbonyl (C=O) groups is 1. The lowest BCUT2D eigenvalue weighted by Crippen LogP contribution is -2.40. The van der Waals surface area contributed by atoms with Gasteiger partial charge in [-0.25, -0.2) is 0 Å². The first-order valence-electron chi connectivity index (χ1n) is 8.35. The molecule has 0 spiro atoms. The lowest BCUT2D eigenvalue weighted by molar-refractivity contribution is -0.117. The van der Waals surface area contributed by atoms with Crippen molar-refractivity contribution >= 4 is 5.91 Å². The first kappa shape index (κ1) is 19.8. The number of benzene rings is 1. The minimum Gasteiger partial charge on any atom is -0.497 e. The molecule has 1 N–H and O–H groups in total. The van der Waals surface area contributed by atoms with Crippen molar-refractivity contribution in [2.75, 3.05) is 13.7 Å². The Kier molecular flexibility index (Phi) is 7.50. The van der Waals surface area contributed by atoms with Crippen LogP contribution in [0.25, 0.3) is 0 Å². The van der Waals surface area contributed by atoms with Gasteiger partial charge in [-0.15, -0.1) is 0 Å². The summed E-state index contributed by atoms with van der Waals surface area (Å²) in [4.78, 5) is 12.5. The Morgan fingerprint density at radius 1 is 1.25 bits per heavy atom. The molecule has 0 fully saturated rings. The highest BCUT2D eigenvalue weighted by molar-refractivity contribution is 5.97. The molecular formula is C21H29NO2. The van der Waals surface area contributed by atoms with E-state index in [2.05, 4.69) is 44.5 Å². The number of amides is 1. The number of nitrogens with one attached hydrogen (secondary N) is 1. The fraction of sp³-hybridized carbons (Fsp3) is 0.381. The van der Waals surface area contributed by atoms with E-state index >= 15 is 0 Å². The van der Waals surface area contributed by atoms with E-state index in [4.69, 9.17) is 4.74 Å². The van der Waals surface area contributed by atoms with Gasteiger partial charge >= 0.3 is 0 Å². The maximum Gasteiger partial charge on any atom is 0.251 e. The van der Waals surface area contributed by atoms with Crippen molar-refractivity contribution in [2.45, 2.75) is 39.0 Å². The average molecular weight is 327 g/mol. The molecule has 1 amide bonds. The van der Waals surface area contributed by atoms with Gasteiger partial charge in [-0.2, -0.15) is 0 Å². The smallest absolute Gasteiger partial charge is 0.251 e. The standard InChI is InChI=1S/C21H29NO2/c1-7-10-19(16(4)5)20(23)22-15-21(8-2,9-3)17-11-13-18(24-6)14-12-17/h7,10-14H,1,4,8-9,15H2,2-3,5-6H3,(H,22,23)/b19-10+. The van der Waals surface area contributed by atoms with Crippen LogP contribution in [0.1, 0.15) is 39.2 Å². The molecule has 0 saturated heterocycles. The molecule has 1 aromatic carbocycles. The monoisotopic (exact) mass is 327 g/mol. The van der Waals surface area contributed by atoms with Crippen molar-refractivity contribution in [1.29, 1.82) is 0 Å². The number of methoxy groups -OCH3 is 1. The Bertz CT molecular complexity index is 607. The molecule has 130 valence electrons. The third-order valence-electron chi connectivity index (χ3n) is 4.63. The van der Waals surface area contributed by atoms with Crippen molar-refractivity contribution in [3.63, 3.8) is 0 Å². The maximum atomic E-state index is 12.5. The molecule has 0 unspecified atom stereocenters. The molecule has 0 heterocycles. The molecule has 3 nitrogen and oxygen atoms in total. The predicted octanol–water partition coefficient (Wildman–Crippen LogP) is 4.56. The van der Waals surface area contributed by atoms with E-state index in [1.54, 1.807) is 19.3 Å². The van der Waals surface area contributed by atoms with Crippen LogP contribution in [-0.2, 0) is 10.2 Å². The van der Waals surface area contributed by atoms with Gasteiger partial charge in [0.25, 0.3) is 5.91 Å². The lowest BCUT2D eigenvalue weighted by Gasteiger charge is -2.33. The van der Waals surface area contributed by atoms with Gasteiger partial charge in [0, 0.05) is 17.5 Å². The van der Waals surface area contributed by atoms with E-state index in [0.29, 0.717) is 12.1 Å². The van der Waals surface area contributed by atoms with Gasteiger partial charge in [-0.3, -0.25) is 4.79 Å². The summed E-state index contributed by atoms with van der Waals surface area (Å²) >= 11 is 0. The first-order chi connectivity index (χ1) is 11.4. The molecule has 0 saturated carbocycles. The Morgan fingerprint density at radius 2 is 1.83 bits per heavy atom. The van der Waals surface area contributed by atoms with Crippen LogP contribution in [0.15, 0.2) is 60.7 Å². The summed E-state index contributed by atoms with van der Waals surface area (Å²) < 4.78 is 5.24. The number of rotatable bonds is 9. The Balaban J connectivity index is 2.99. The predicted molar refractivity (Wildman–Crippen MR) is 101 cm³/mol. The van der Waals surface area contributed by atoms with Gasteiger partial charge < -0.3 is 10.1 Å². The highest BCUT2D eigenvalue weighted by Gasteiger charge is 2.29. The summed E-state index contributed by atoms with van der Waals surface area (Å²) in [5.74, 6) is 0.726. The SMILES string of the molecule is C=C/C=C(\C(=C)C)C(=O)NCC(CC)(CC)c1ccc(OC)cc1. The third-order valence-corrected chi connectivity index (χ3v) is 4.63. The van der Waals surface area contributed by atoms with Gasteiger partial charge in [0.2, 0.25) is 0 Å². The minimum absolute atomic E-state index is 0.101. The van der Waals surface area contributed by atoms with Gasteiger partial charge in [-0.1, -0.05) is 45.2 Å². The van der Waals surface area contributed by atoms with E-state index in [1.807, 2.05) is 19.1 Å². The largest absolute Gasteiger partial charge is 0.497 e. The zero-order chi connectivity index (χ0) is 18.2. The summed E-state index contributed by atoms with van der Waals surface area (Å²) in [5, 5.41) is 3.07. The molecule has 1 aromatic rings. The Morgan fingerprint density at radius 3 is 2.25 bits per heavy atom. The summed E-state index contributed by atoms with van der Waals surface area (Å²) in [7, 11) is 1.66. The average Bonchev–Trinajstić information content (AvgIpc) is 2.60. The minimum atomic E-state index is -0.109. The van der Waals surface area contributed by atoms with Crippen molar-refractivity contribution in [2.24, 2.45) is 0 Å². The molecule has 0 atom stereocenters. The van der Waals surface area contributed by atoms with Crippen LogP contribution in [0.4, 0.5) is 0 Å². The molecule has 1 rings (SSSR count). The summed E-state index contributed by atoms with van der Waals surface area (Å²) in [6.07, 6.45) is 5.18. The lowest BCUT2D eigenvalue weighted by atomic mass is 9.75. The van der Waals surface area contributed by atoms with Crippen molar-refractivity contribution < 1.29 is 9.53 Å². The molecule has 0 aromatic heterocycles. The van der Waals surface area contributed by atoms with E-state index in [-0.39, 0.29) is 11.3 Å². The quantitative estimate of drug-likeness (QED) is 0.533. The van der Waals surface area contributed by atoms with Crippen LogP contribution in [0.2, 0.25) is 0 Å². The zero-order valence-electron chi connectivity index (χ0n) is 15.3. The van der Waals surface area contributed by atoms with Gasteiger partial charge in [0.15, 0.2) is 0 Å². The van der Waals surface area contributed by atoms with Crippen molar-refractivity contribution in [3.05, 3.63) is 66.3 Å². The van der Waals surface area contributed by atoms with Crippen LogP contribution >= 0.6 is 0 Å². The summed E-state index contributed by atoms with van der Waals surface area (Å²) in [6.45, 7) is 14.2. The second-order valence-electron chi connectivity index (χ2n) is 5.99. The van der Waals surface area contributed by atoms with Gasteiger partial charge in [0.05, 0.1) is 7.11 Å². The zero-order valence-corrected chi connectivity index (χ0v) is 15.3. The molecule has 0 aliphatic rings. The van der Waals surface area contributed by atoms with Gasteiger partial charge in [-0.05, 0) is 49.1 Å². The van der Waals surface area contributed by atoms with E-state index in [9.17, 15) is 4.79 Å². The molecule has 0 aliphatic heterocycles. The third kappa shape index (κ3) is 4.60. The molecule has 24 heavy (non-hydrogen) atoms. The second kappa shape index (κ2) is 9.11. The number of carbonyl (C=O) groups excluding carboxylic acids is 1. The number of hydrogen-bond donors (Lipinski definition) is 1. The molecule has 3 heteroatoms. The van der Waals surface area contributed by atoms with Crippen molar-refractivity contribution in [1.82, 2.24) is 5.32 Å². The highest BCUT2D eigenvalue weighted by Crippen LogP contribution is 2.32. The van der Waals surface area contributed by atoms with Crippen LogP contribution in [-0.4, -0.2) is 19.6 Å². The summed E-state index contributed by atoms with van der Waals surface area (Å²) in [6, 6.07) is 8.09. The molecule has 0 aliphatic carbocycles. The fourth-order valence-electron chi connectivity index (χ4n) is 2.83. The molecule has 0 bridgehead atoms. The molecule has 0 radical (unpaired) electrons. The van der Waals surface area contributed by atoms with E-state index in [0.717, 1.165) is 24.2 Å². The Hall–Kier alpha value is -2.29. The Labute approximate surface area is 146 Å². The number of allylic oxidation sites excluding steroid dienone is 2.